The normalized spacial score (nSPS) is 19.0. The molecule has 0 spiro atoms. The summed E-state index contributed by atoms with van der Waals surface area (Å²) in [5, 5.41) is 12.9. The first-order valence-corrected chi connectivity index (χ1v) is 7.66. The highest BCUT2D eigenvalue weighted by molar-refractivity contribution is 5.65. The highest BCUT2D eigenvalue weighted by Crippen LogP contribution is 2.20. The summed E-state index contributed by atoms with van der Waals surface area (Å²) in [6.45, 7) is 4.20. The van der Waals surface area contributed by atoms with E-state index in [1.165, 1.54) is 12.8 Å². The van der Waals surface area contributed by atoms with Gasteiger partial charge < -0.3 is 14.6 Å². The lowest BCUT2D eigenvalue weighted by Crippen LogP contribution is -2.36. The van der Waals surface area contributed by atoms with E-state index < -0.39 is 0 Å². The van der Waals surface area contributed by atoms with Crippen molar-refractivity contribution in [1.29, 1.82) is 5.26 Å². The van der Waals surface area contributed by atoms with Crippen molar-refractivity contribution in [3.8, 4) is 6.07 Å². The molecule has 1 atom stereocenters. The van der Waals surface area contributed by atoms with E-state index >= 15 is 0 Å². The van der Waals surface area contributed by atoms with Gasteiger partial charge in [0.1, 0.15) is 6.07 Å². The summed E-state index contributed by atoms with van der Waals surface area (Å²) in [6, 6.07) is 8.35. The lowest BCUT2D eigenvalue weighted by molar-refractivity contribution is 0.237. The monoisotopic (exact) mass is 282 g/mol. The maximum absolute atomic E-state index is 9.45. The van der Waals surface area contributed by atoms with Gasteiger partial charge in [-0.05, 0) is 51.0 Å². The summed E-state index contributed by atoms with van der Waals surface area (Å²) >= 11 is 0. The summed E-state index contributed by atoms with van der Waals surface area (Å²) < 4.78 is 2.05. The molecule has 1 unspecified atom stereocenters. The van der Waals surface area contributed by atoms with Gasteiger partial charge in [0.25, 0.3) is 0 Å². The Kier molecular flexibility index (Phi) is 4.23. The largest absolute Gasteiger partial charge is 0.322 e. The molecule has 2 aromatic rings. The van der Waals surface area contributed by atoms with Crippen LogP contribution < -0.4 is 5.32 Å². The fraction of sp³-hybridized carbons (Fsp3) is 0.471. The van der Waals surface area contributed by atoms with Crippen LogP contribution in [0.15, 0.2) is 30.6 Å². The van der Waals surface area contributed by atoms with Gasteiger partial charge in [0.15, 0.2) is 0 Å². The second kappa shape index (κ2) is 6.30. The minimum Gasteiger partial charge on any atom is -0.322 e. The molecular weight excluding hydrogens is 260 g/mol. The number of nitrogens with one attached hydrogen (secondary N) is 1. The van der Waals surface area contributed by atoms with Crippen molar-refractivity contribution in [2.75, 3.05) is 26.7 Å². The van der Waals surface area contributed by atoms with Crippen LogP contribution in [-0.2, 0) is 6.54 Å². The van der Waals surface area contributed by atoms with Crippen LogP contribution in [0, 0.1) is 17.2 Å². The zero-order chi connectivity index (χ0) is 14.7. The molecule has 0 amide bonds. The number of aromatic nitrogens is 1. The lowest BCUT2D eigenvalue weighted by atomic mass is 9.99. The Morgan fingerprint density at radius 1 is 1.48 bits per heavy atom. The first-order valence-electron chi connectivity index (χ1n) is 7.66. The Hall–Kier alpha value is -1.83. The Morgan fingerprint density at radius 3 is 3.14 bits per heavy atom. The van der Waals surface area contributed by atoms with Crippen LogP contribution in [0.2, 0.25) is 0 Å². The van der Waals surface area contributed by atoms with Crippen molar-refractivity contribution < 1.29 is 0 Å². The summed E-state index contributed by atoms with van der Waals surface area (Å²) in [6.07, 6.45) is 6.67. The molecule has 1 N–H and O–H groups in total. The number of nitrogens with zero attached hydrogens (tertiary/aromatic N) is 3. The van der Waals surface area contributed by atoms with Crippen LogP contribution in [0.1, 0.15) is 24.0 Å². The van der Waals surface area contributed by atoms with Gasteiger partial charge in [-0.25, -0.2) is 0 Å². The Bertz CT molecular complexity index is 646. The van der Waals surface area contributed by atoms with Gasteiger partial charge in [-0.1, -0.05) is 6.07 Å². The lowest BCUT2D eigenvalue weighted by Gasteiger charge is -2.27. The number of pyridine rings is 1. The van der Waals surface area contributed by atoms with Crippen molar-refractivity contribution >= 4 is 5.52 Å². The predicted octanol–water partition coefficient (Wildman–Crippen LogP) is 2.24. The van der Waals surface area contributed by atoms with Gasteiger partial charge in [-0.2, -0.15) is 5.26 Å². The van der Waals surface area contributed by atoms with Crippen molar-refractivity contribution in [3.05, 3.63) is 41.7 Å². The Balaban J connectivity index is 1.73. The molecule has 110 valence electrons. The standard InChI is InChI=1S/C17H22N4/c1-20(11-14-5-4-7-19-10-14)12-15-13-21-8-3-2-6-17(21)16(15)9-18/h2-3,6,8,13-14,19H,4-5,7,10-12H2,1H3. The number of rotatable bonds is 4. The van der Waals surface area contributed by atoms with E-state index in [9.17, 15) is 5.26 Å². The zero-order valence-electron chi connectivity index (χ0n) is 12.5. The van der Waals surface area contributed by atoms with Crippen LogP contribution >= 0.6 is 0 Å². The molecule has 0 aliphatic carbocycles. The molecule has 1 fully saturated rings. The summed E-state index contributed by atoms with van der Waals surface area (Å²) in [7, 11) is 2.15. The summed E-state index contributed by atoms with van der Waals surface area (Å²) in [5.74, 6) is 0.728. The number of piperidine rings is 1. The van der Waals surface area contributed by atoms with Gasteiger partial charge >= 0.3 is 0 Å². The second-order valence-electron chi connectivity index (χ2n) is 6.04. The smallest absolute Gasteiger partial charge is 0.102 e. The van der Waals surface area contributed by atoms with Crippen LogP contribution in [0.4, 0.5) is 0 Å². The molecule has 4 nitrogen and oxygen atoms in total. The van der Waals surface area contributed by atoms with Gasteiger partial charge in [0.05, 0.1) is 11.1 Å². The molecule has 2 aromatic heterocycles. The van der Waals surface area contributed by atoms with Crippen molar-refractivity contribution in [3.63, 3.8) is 0 Å². The topological polar surface area (TPSA) is 43.5 Å². The van der Waals surface area contributed by atoms with E-state index in [1.54, 1.807) is 0 Å². The fourth-order valence-electron chi connectivity index (χ4n) is 3.30. The van der Waals surface area contributed by atoms with E-state index in [4.69, 9.17) is 0 Å². The van der Waals surface area contributed by atoms with E-state index in [1.807, 2.05) is 28.8 Å². The molecule has 3 rings (SSSR count). The molecule has 0 aromatic carbocycles. The van der Waals surface area contributed by atoms with Crippen LogP contribution in [-0.4, -0.2) is 36.0 Å². The zero-order valence-corrected chi connectivity index (χ0v) is 12.5. The van der Waals surface area contributed by atoms with Gasteiger partial charge in [-0.15, -0.1) is 0 Å². The van der Waals surface area contributed by atoms with E-state index in [0.29, 0.717) is 0 Å². The number of hydrogen-bond donors (Lipinski definition) is 1. The molecule has 1 aliphatic rings. The highest BCUT2D eigenvalue weighted by Gasteiger charge is 2.17. The third-order valence-corrected chi connectivity index (χ3v) is 4.28. The first kappa shape index (κ1) is 14.1. The van der Waals surface area contributed by atoms with Crippen molar-refractivity contribution in [1.82, 2.24) is 14.6 Å². The quantitative estimate of drug-likeness (QED) is 0.935. The van der Waals surface area contributed by atoms with Gasteiger partial charge in [0.2, 0.25) is 0 Å². The Labute approximate surface area is 126 Å². The van der Waals surface area contributed by atoms with Crippen molar-refractivity contribution in [2.24, 2.45) is 5.92 Å². The predicted molar refractivity (Wildman–Crippen MR) is 84.0 cm³/mol. The number of hydrogen-bond acceptors (Lipinski definition) is 3. The van der Waals surface area contributed by atoms with Crippen LogP contribution in [0.5, 0.6) is 0 Å². The molecular formula is C17H22N4. The number of nitriles is 1. The SMILES string of the molecule is CN(Cc1cn2ccccc2c1C#N)CC1CCCNC1. The van der Waals surface area contributed by atoms with Gasteiger partial charge in [0, 0.05) is 31.0 Å². The highest BCUT2D eigenvalue weighted by atomic mass is 15.1. The maximum Gasteiger partial charge on any atom is 0.102 e. The van der Waals surface area contributed by atoms with Crippen molar-refractivity contribution in [2.45, 2.75) is 19.4 Å². The summed E-state index contributed by atoms with van der Waals surface area (Å²) in [5.41, 5.74) is 2.93. The van der Waals surface area contributed by atoms with Gasteiger partial charge in [-0.3, -0.25) is 0 Å². The molecule has 4 heteroatoms. The Morgan fingerprint density at radius 2 is 2.38 bits per heavy atom. The first-order chi connectivity index (χ1) is 10.3. The third-order valence-electron chi connectivity index (χ3n) is 4.28. The van der Waals surface area contributed by atoms with E-state index in [-0.39, 0.29) is 0 Å². The molecule has 21 heavy (non-hydrogen) atoms. The minimum atomic E-state index is 0.728. The van der Waals surface area contributed by atoms with Crippen LogP contribution in [0.3, 0.4) is 0 Å². The summed E-state index contributed by atoms with van der Waals surface area (Å²) in [4.78, 5) is 2.34. The van der Waals surface area contributed by atoms with E-state index in [2.05, 4.69) is 29.5 Å². The molecule has 0 bridgehead atoms. The molecule has 0 radical (unpaired) electrons. The maximum atomic E-state index is 9.45. The van der Waals surface area contributed by atoms with Crippen LogP contribution in [0.25, 0.3) is 5.52 Å². The average Bonchev–Trinajstić information content (AvgIpc) is 2.85. The fourth-order valence-corrected chi connectivity index (χ4v) is 3.30. The minimum absolute atomic E-state index is 0.728. The molecule has 3 heterocycles. The van der Waals surface area contributed by atoms with E-state index in [0.717, 1.165) is 48.7 Å². The average molecular weight is 282 g/mol. The number of fused-ring (bicyclic) bond motifs is 1. The molecule has 0 saturated carbocycles. The third kappa shape index (κ3) is 3.10. The molecule has 1 aliphatic heterocycles. The second-order valence-corrected chi connectivity index (χ2v) is 6.04. The molecule has 1 saturated heterocycles.